The van der Waals surface area contributed by atoms with Gasteiger partial charge in [-0.05, 0) is 19.1 Å². The van der Waals surface area contributed by atoms with Crippen LogP contribution < -0.4 is 10.9 Å². The molecule has 21 heavy (non-hydrogen) atoms. The van der Waals surface area contributed by atoms with Gasteiger partial charge < -0.3 is 5.32 Å². The molecular formula is C14H13N5O2. The van der Waals surface area contributed by atoms with Crippen LogP contribution in [0, 0.1) is 6.92 Å². The summed E-state index contributed by atoms with van der Waals surface area (Å²) in [5.41, 5.74) is 1.21. The van der Waals surface area contributed by atoms with Crippen molar-refractivity contribution in [2.75, 3.05) is 5.32 Å². The van der Waals surface area contributed by atoms with Gasteiger partial charge >= 0.3 is 0 Å². The minimum absolute atomic E-state index is 0.109. The maximum absolute atomic E-state index is 12.2. The molecule has 1 aromatic carbocycles. The number of carbonyl (C=O) groups is 1. The van der Waals surface area contributed by atoms with E-state index in [1.807, 2.05) is 13.0 Å². The number of rotatable bonds is 3. The Balaban J connectivity index is 1.83. The van der Waals surface area contributed by atoms with Crippen molar-refractivity contribution >= 4 is 22.6 Å². The van der Waals surface area contributed by atoms with Gasteiger partial charge in [-0.3, -0.25) is 19.3 Å². The van der Waals surface area contributed by atoms with Gasteiger partial charge in [0.25, 0.3) is 5.56 Å². The number of hydrogen-bond donors (Lipinski definition) is 2. The smallest absolute Gasteiger partial charge is 0.261 e. The molecule has 2 aromatic heterocycles. The van der Waals surface area contributed by atoms with Gasteiger partial charge in [0.05, 0.1) is 17.2 Å². The highest BCUT2D eigenvalue weighted by molar-refractivity contribution is 5.89. The van der Waals surface area contributed by atoms with E-state index in [0.717, 1.165) is 5.69 Å². The topological polar surface area (TPSA) is 92.7 Å². The predicted molar refractivity (Wildman–Crippen MR) is 78.0 cm³/mol. The summed E-state index contributed by atoms with van der Waals surface area (Å²) in [6.45, 7) is 1.73. The molecule has 0 saturated heterocycles. The highest BCUT2D eigenvalue weighted by atomic mass is 16.2. The lowest BCUT2D eigenvalue weighted by atomic mass is 10.2. The molecule has 106 valence electrons. The molecule has 1 amide bonds. The Hall–Kier alpha value is -2.96. The van der Waals surface area contributed by atoms with E-state index < -0.39 is 0 Å². The average molecular weight is 283 g/mol. The second-order valence-electron chi connectivity index (χ2n) is 4.68. The molecular weight excluding hydrogens is 270 g/mol. The Morgan fingerprint density at radius 3 is 2.95 bits per heavy atom. The number of H-pyrrole nitrogens is 1. The minimum atomic E-state index is -0.333. The molecule has 0 fully saturated rings. The number of nitrogens with one attached hydrogen (secondary N) is 2. The molecule has 2 N–H and O–H groups in total. The van der Waals surface area contributed by atoms with Gasteiger partial charge in [0, 0.05) is 11.8 Å². The van der Waals surface area contributed by atoms with Gasteiger partial charge in [-0.15, -0.1) is 0 Å². The second kappa shape index (κ2) is 5.20. The van der Waals surface area contributed by atoms with Gasteiger partial charge in [0.1, 0.15) is 6.54 Å². The number of para-hydroxylation sites is 1. The lowest BCUT2D eigenvalue weighted by Gasteiger charge is -2.06. The van der Waals surface area contributed by atoms with Crippen molar-refractivity contribution in [2.24, 2.45) is 0 Å². The lowest BCUT2D eigenvalue weighted by molar-refractivity contribution is -0.116. The fourth-order valence-electron chi connectivity index (χ4n) is 2.04. The van der Waals surface area contributed by atoms with Gasteiger partial charge in [-0.1, -0.05) is 12.1 Å². The molecule has 7 nitrogen and oxygen atoms in total. The summed E-state index contributed by atoms with van der Waals surface area (Å²) >= 11 is 0. The highest BCUT2D eigenvalue weighted by Crippen LogP contribution is 2.06. The van der Waals surface area contributed by atoms with Crippen molar-refractivity contribution < 1.29 is 4.79 Å². The maximum atomic E-state index is 12.2. The first-order valence-corrected chi connectivity index (χ1v) is 6.39. The van der Waals surface area contributed by atoms with Crippen LogP contribution in [-0.4, -0.2) is 25.7 Å². The van der Waals surface area contributed by atoms with Gasteiger partial charge in [-0.25, -0.2) is 4.98 Å². The normalized spacial score (nSPS) is 10.7. The van der Waals surface area contributed by atoms with Gasteiger partial charge in [0.2, 0.25) is 5.91 Å². The van der Waals surface area contributed by atoms with Crippen LogP contribution >= 0.6 is 0 Å². The summed E-state index contributed by atoms with van der Waals surface area (Å²) in [6.07, 6.45) is 1.38. The largest absolute Gasteiger partial charge is 0.308 e. The predicted octanol–water partition coefficient (Wildman–Crippen LogP) is 1.07. The van der Waals surface area contributed by atoms with Crippen LogP contribution in [0.1, 0.15) is 5.69 Å². The monoisotopic (exact) mass is 283 g/mol. The van der Waals surface area contributed by atoms with Crippen LogP contribution in [-0.2, 0) is 11.3 Å². The van der Waals surface area contributed by atoms with Crippen LogP contribution in [0.5, 0.6) is 0 Å². The van der Waals surface area contributed by atoms with Crippen LogP contribution in [0.15, 0.2) is 41.5 Å². The fourth-order valence-corrected chi connectivity index (χ4v) is 2.04. The van der Waals surface area contributed by atoms with Crippen molar-refractivity contribution in [1.29, 1.82) is 0 Å². The molecule has 0 aliphatic rings. The number of fused-ring (bicyclic) bond motifs is 1. The van der Waals surface area contributed by atoms with Crippen LogP contribution in [0.25, 0.3) is 10.9 Å². The molecule has 0 aliphatic heterocycles. The standard InChI is InChI=1S/C14H13N5O2/c1-9-6-12(18-17-9)16-13(20)7-19-8-15-11-5-3-2-4-10(11)14(19)21/h2-6,8H,7H2,1H3,(H2,16,17,18,20). The molecule has 3 rings (SSSR count). The Labute approximate surface area is 119 Å². The minimum Gasteiger partial charge on any atom is -0.308 e. The van der Waals surface area contributed by atoms with E-state index >= 15 is 0 Å². The van der Waals surface area contributed by atoms with E-state index in [1.165, 1.54) is 10.9 Å². The zero-order chi connectivity index (χ0) is 14.8. The molecule has 7 heteroatoms. The number of aromatic nitrogens is 4. The number of hydrogen-bond acceptors (Lipinski definition) is 4. The number of benzene rings is 1. The SMILES string of the molecule is Cc1cc(NC(=O)Cn2cnc3ccccc3c2=O)n[nH]1. The number of carbonyl (C=O) groups excluding carboxylic acids is 1. The van der Waals surface area contributed by atoms with Crippen molar-refractivity contribution in [3.05, 3.63) is 52.7 Å². The third-order valence-corrected chi connectivity index (χ3v) is 3.02. The Kier molecular flexibility index (Phi) is 3.23. The van der Waals surface area contributed by atoms with E-state index in [9.17, 15) is 9.59 Å². The van der Waals surface area contributed by atoms with Crippen molar-refractivity contribution in [2.45, 2.75) is 13.5 Å². The van der Waals surface area contributed by atoms with Crippen molar-refractivity contribution in [1.82, 2.24) is 19.7 Å². The van der Waals surface area contributed by atoms with E-state index in [0.29, 0.717) is 16.7 Å². The van der Waals surface area contributed by atoms with Crippen molar-refractivity contribution in [3.63, 3.8) is 0 Å². The number of anilines is 1. The highest BCUT2D eigenvalue weighted by Gasteiger charge is 2.09. The van der Waals surface area contributed by atoms with Gasteiger partial charge in [-0.2, -0.15) is 5.10 Å². The molecule has 2 heterocycles. The molecule has 0 bridgehead atoms. The number of amides is 1. The Bertz CT molecular complexity index is 865. The molecule has 0 saturated carbocycles. The van der Waals surface area contributed by atoms with Crippen LogP contribution in [0.2, 0.25) is 0 Å². The Morgan fingerprint density at radius 2 is 2.19 bits per heavy atom. The zero-order valence-electron chi connectivity index (χ0n) is 11.3. The quantitative estimate of drug-likeness (QED) is 0.752. The third kappa shape index (κ3) is 2.66. The van der Waals surface area contributed by atoms with E-state index in [2.05, 4.69) is 20.5 Å². The van der Waals surface area contributed by atoms with Crippen molar-refractivity contribution in [3.8, 4) is 0 Å². The molecule has 0 aliphatic carbocycles. The fraction of sp³-hybridized carbons (Fsp3) is 0.143. The second-order valence-corrected chi connectivity index (χ2v) is 4.68. The average Bonchev–Trinajstić information content (AvgIpc) is 2.87. The van der Waals surface area contributed by atoms with E-state index in [4.69, 9.17) is 0 Å². The molecule has 0 radical (unpaired) electrons. The lowest BCUT2D eigenvalue weighted by Crippen LogP contribution is -2.28. The summed E-state index contributed by atoms with van der Waals surface area (Å²) in [5, 5.41) is 9.74. The Morgan fingerprint density at radius 1 is 1.38 bits per heavy atom. The number of aryl methyl sites for hydroxylation is 1. The van der Waals surface area contributed by atoms with Crippen LogP contribution in [0.4, 0.5) is 5.82 Å². The molecule has 3 aromatic rings. The van der Waals surface area contributed by atoms with E-state index in [1.54, 1.807) is 24.3 Å². The summed E-state index contributed by atoms with van der Waals surface area (Å²) in [5.74, 6) is 0.0972. The summed E-state index contributed by atoms with van der Waals surface area (Å²) < 4.78 is 1.27. The first-order valence-electron chi connectivity index (χ1n) is 6.39. The zero-order valence-corrected chi connectivity index (χ0v) is 11.3. The summed E-state index contributed by atoms with van der Waals surface area (Å²) in [6, 6.07) is 8.73. The maximum Gasteiger partial charge on any atom is 0.261 e. The summed E-state index contributed by atoms with van der Waals surface area (Å²) in [7, 11) is 0. The number of aromatic amines is 1. The first-order chi connectivity index (χ1) is 10.1. The molecule has 0 spiro atoms. The first kappa shape index (κ1) is 13.0. The third-order valence-electron chi connectivity index (χ3n) is 3.02. The van der Waals surface area contributed by atoms with Gasteiger partial charge in [0.15, 0.2) is 5.82 Å². The summed E-state index contributed by atoms with van der Waals surface area (Å²) in [4.78, 5) is 28.3. The van der Waals surface area contributed by atoms with Crippen LogP contribution in [0.3, 0.4) is 0 Å². The van der Waals surface area contributed by atoms with E-state index in [-0.39, 0.29) is 18.0 Å². The molecule has 0 unspecified atom stereocenters. The number of nitrogens with zero attached hydrogens (tertiary/aromatic N) is 3. The molecule has 0 atom stereocenters.